The van der Waals surface area contributed by atoms with Crippen LogP contribution in [0.4, 0.5) is 0 Å². The van der Waals surface area contributed by atoms with E-state index in [-0.39, 0.29) is 0 Å². The van der Waals surface area contributed by atoms with Gasteiger partial charge in [0.25, 0.3) is 0 Å². The van der Waals surface area contributed by atoms with Crippen LogP contribution >= 0.6 is 11.3 Å². The molecule has 0 bridgehead atoms. The Kier molecular flexibility index (Phi) is 3.19. The smallest absolute Gasteiger partial charge is 0.0175 e. The Labute approximate surface area is 72.3 Å². The summed E-state index contributed by atoms with van der Waals surface area (Å²) in [7, 11) is 0. The van der Waals surface area contributed by atoms with Gasteiger partial charge in [-0.15, -0.1) is 23.7 Å². The van der Waals surface area contributed by atoms with Gasteiger partial charge in [0, 0.05) is 10.8 Å². The fraction of sp³-hybridized carbons (Fsp3) is 0.400. The molecule has 58 valence electrons. The van der Waals surface area contributed by atoms with Gasteiger partial charge in [-0.3, -0.25) is 0 Å². The highest BCUT2D eigenvalue weighted by molar-refractivity contribution is 7.09. The number of terminal acetylenes is 1. The maximum Gasteiger partial charge on any atom is 0.0175 e. The van der Waals surface area contributed by atoms with Crippen LogP contribution in [0.15, 0.2) is 17.5 Å². The Morgan fingerprint density at radius 2 is 2.55 bits per heavy atom. The van der Waals surface area contributed by atoms with Crippen molar-refractivity contribution in [2.45, 2.75) is 19.8 Å². The summed E-state index contributed by atoms with van der Waals surface area (Å²) in [5, 5.41) is 2.11. The van der Waals surface area contributed by atoms with Gasteiger partial charge in [0.2, 0.25) is 0 Å². The van der Waals surface area contributed by atoms with Gasteiger partial charge >= 0.3 is 0 Å². The van der Waals surface area contributed by atoms with Crippen molar-refractivity contribution in [1.29, 1.82) is 0 Å². The zero-order valence-electron chi connectivity index (χ0n) is 6.71. The molecule has 0 fully saturated rings. The lowest BCUT2D eigenvalue weighted by Crippen LogP contribution is -1.91. The monoisotopic (exact) mass is 164 g/mol. The number of thiophene rings is 1. The average Bonchev–Trinajstić information content (AvgIpc) is 2.52. The molecular weight excluding hydrogens is 152 g/mol. The van der Waals surface area contributed by atoms with E-state index in [0.29, 0.717) is 5.92 Å². The third kappa shape index (κ3) is 2.78. The van der Waals surface area contributed by atoms with Gasteiger partial charge in [-0.1, -0.05) is 13.0 Å². The van der Waals surface area contributed by atoms with E-state index in [4.69, 9.17) is 6.42 Å². The molecule has 0 aliphatic carbocycles. The van der Waals surface area contributed by atoms with E-state index < -0.39 is 0 Å². The molecule has 1 heteroatoms. The first-order chi connectivity index (χ1) is 5.33. The second-order valence-electron chi connectivity index (χ2n) is 2.69. The van der Waals surface area contributed by atoms with E-state index in [9.17, 15) is 0 Å². The molecule has 0 amide bonds. The molecule has 0 spiro atoms. The highest BCUT2D eigenvalue weighted by atomic mass is 32.1. The average molecular weight is 164 g/mol. The lowest BCUT2D eigenvalue weighted by molar-refractivity contribution is 0.673. The Morgan fingerprint density at radius 1 is 1.73 bits per heavy atom. The minimum absolute atomic E-state index is 0.414. The maximum atomic E-state index is 5.26. The Bertz CT molecular complexity index is 228. The van der Waals surface area contributed by atoms with Crippen molar-refractivity contribution in [3.63, 3.8) is 0 Å². The summed E-state index contributed by atoms with van der Waals surface area (Å²) in [5.41, 5.74) is 0. The number of rotatable bonds is 3. The molecule has 1 heterocycles. The first-order valence-electron chi connectivity index (χ1n) is 3.81. The molecule has 1 aromatic rings. The number of hydrogen-bond donors (Lipinski definition) is 0. The molecule has 1 unspecified atom stereocenters. The van der Waals surface area contributed by atoms with E-state index in [1.54, 1.807) is 11.3 Å². The van der Waals surface area contributed by atoms with Crippen molar-refractivity contribution in [3.05, 3.63) is 22.4 Å². The first-order valence-corrected chi connectivity index (χ1v) is 4.69. The van der Waals surface area contributed by atoms with Crippen LogP contribution in [0.1, 0.15) is 18.2 Å². The van der Waals surface area contributed by atoms with Crippen molar-refractivity contribution in [2.75, 3.05) is 0 Å². The molecule has 0 saturated heterocycles. The molecule has 0 aliphatic heterocycles. The van der Waals surface area contributed by atoms with Crippen molar-refractivity contribution in [3.8, 4) is 12.3 Å². The van der Waals surface area contributed by atoms with Crippen LogP contribution in [0.5, 0.6) is 0 Å². The molecular formula is C10H12S. The van der Waals surface area contributed by atoms with Crippen LogP contribution < -0.4 is 0 Å². The Morgan fingerprint density at radius 3 is 3.09 bits per heavy atom. The molecule has 1 rings (SSSR count). The number of aryl methyl sites for hydroxylation is 1. The standard InChI is InChI=1S/C10H12S/c1-3-9(2)6-7-10-5-4-8-11-10/h1,4-5,8-9H,6-7H2,2H3. The summed E-state index contributed by atoms with van der Waals surface area (Å²) < 4.78 is 0. The summed E-state index contributed by atoms with van der Waals surface area (Å²) in [6.45, 7) is 2.09. The zero-order chi connectivity index (χ0) is 8.10. The summed E-state index contributed by atoms with van der Waals surface area (Å²) >= 11 is 1.81. The van der Waals surface area contributed by atoms with Crippen LogP contribution in [0.3, 0.4) is 0 Å². The van der Waals surface area contributed by atoms with Gasteiger partial charge in [0.1, 0.15) is 0 Å². The van der Waals surface area contributed by atoms with E-state index >= 15 is 0 Å². The van der Waals surface area contributed by atoms with Crippen molar-refractivity contribution in [1.82, 2.24) is 0 Å². The molecule has 0 radical (unpaired) electrons. The van der Waals surface area contributed by atoms with Gasteiger partial charge in [0.05, 0.1) is 0 Å². The molecule has 0 aliphatic rings. The Hall–Kier alpha value is -0.740. The molecule has 0 saturated carbocycles. The molecule has 1 aromatic heterocycles. The molecule has 0 aromatic carbocycles. The van der Waals surface area contributed by atoms with Crippen LogP contribution in [-0.4, -0.2) is 0 Å². The zero-order valence-corrected chi connectivity index (χ0v) is 7.53. The minimum atomic E-state index is 0.414. The first kappa shape index (κ1) is 8.36. The summed E-state index contributed by atoms with van der Waals surface area (Å²) in [6, 6.07) is 4.24. The van der Waals surface area contributed by atoms with Gasteiger partial charge in [-0.05, 0) is 24.3 Å². The quantitative estimate of drug-likeness (QED) is 0.602. The van der Waals surface area contributed by atoms with Gasteiger partial charge in [0.15, 0.2) is 0 Å². The number of hydrogen-bond acceptors (Lipinski definition) is 1. The van der Waals surface area contributed by atoms with E-state index in [1.165, 1.54) is 4.88 Å². The normalized spacial score (nSPS) is 12.4. The predicted octanol–water partition coefficient (Wildman–Crippen LogP) is 2.95. The van der Waals surface area contributed by atoms with Gasteiger partial charge in [-0.2, -0.15) is 0 Å². The largest absolute Gasteiger partial charge is 0.149 e. The van der Waals surface area contributed by atoms with E-state index in [2.05, 4.69) is 30.4 Å². The SMILES string of the molecule is C#CC(C)CCc1cccs1. The fourth-order valence-corrected chi connectivity index (χ4v) is 1.62. The second-order valence-corrected chi connectivity index (χ2v) is 3.72. The summed E-state index contributed by atoms with van der Waals surface area (Å²) in [5.74, 6) is 3.15. The van der Waals surface area contributed by atoms with Crippen LogP contribution in [0.25, 0.3) is 0 Å². The van der Waals surface area contributed by atoms with Gasteiger partial charge < -0.3 is 0 Å². The lowest BCUT2D eigenvalue weighted by atomic mass is 10.1. The fourth-order valence-electron chi connectivity index (χ4n) is 0.897. The topological polar surface area (TPSA) is 0 Å². The second kappa shape index (κ2) is 4.20. The van der Waals surface area contributed by atoms with E-state index in [0.717, 1.165) is 12.8 Å². The predicted molar refractivity (Wildman–Crippen MR) is 50.6 cm³/mol. The maximum absolute atomic E-state index is 5.26. The van der Waals surface area contributed by atoms with Crippen LogP contribution in [0, 0.1) is 18.3 Å². The van der Waals surface area contributed by atoms with Crippen molar-refractivity contribution in [2.24, 2.45) is 5.92 Å². The summed E-state index contributed by atoms with van der Waals surface area (Å²) in [4.78, 5) is 1.44. The molecule has 1 atom stereocenters. The third-order valence-corrected chi connectivity index (χ3v) is 2.62. The van der Waals surface area contributed by atoms with Gasteiger partial charge in [-0.25, -0.2) is 0 Å². The van der Waals surface area contributed by atoms with Crippen LogP contribution in [-0.2, 0) is 6.42 Å². The van der Waals surface area contributed by atoms with Crippen molar-refractivity contribution >= 4 is 11.3 Å². The summed E-state index contributed by atoms with van der Waals surface area (Å²) in [6.07, 6.45) is 7.50. The highest BCUT2D eigenvalue weighted by Gasteiger charge is 1.98. The minimum Gasteiger partial charge on any atom is -0.149 e. The molecule has 0 nitrogen and oxygen atoms in total. The third-order valence-electron chi connectivity index (χ3n) is 1.69. The van der Waals surface area contributed by atoms with E-state index in [1.807, 2.05) is 0 Å². The molecule has 11 heavy (non-hydrogen) atoms. The Balaban J connectivity index is 2.30. The van der Waals surface area contributed by atoms with Crippen molar-refractivity contribution < 1.29 is 0 Å². The highest BCUT2D eigenvalue weighted by Crippen LogP contribution is 2.13. The molecule has 0 N–H and O–H groups in total. The van der Waals surface area contributed by atoms with Crippen LogP contribution in [0.2, 0.25) is 0 Å². The lowest BCUT2D eigenvalue weighted by Gasteiger charge is -2.00.